The lowest BCUT2D eigenvalue weighted by molar-refractivity contribution is -0.121. The molecule has 0 aromatic heterocycles. The van der Waals surface area contributed by atoms with Crippen LogP contribution in [0.25, 0.3) is 0 Å². The van der Waals surface area contributed by atoms with Gasteiger partial charge in [0.05, 0.1) is 25.7 Å². The average Bonchev–Trinajstić information content (AvgIpc) is 2.83. The number of rotatable bonds is 10. The lowest BCUT2D eigenvalue weighted by Crippen LogP contribution is -2.40. The van der Waals surface area contributed by atoms with Crippen LogP contribution in [-0.2, 0) is 27.9 Å². The molecule has 34 heavy (non-hydrogen) atoms. The summed E-state index contributed by atoms with van der Waals surface area (Å²) in [4.78, 5) is 12.7. The van der Waals surface area contributed by atoms with Gasteiger partial charge in [0, 0.05) is 18.1 Å². The normalized spacial score (nSPS) is 11.3. The van der Waals surface area contributed by atoms with Crippen LogP contribution in [0.3, 0.4) is 0 Å². The highest BCUT2D eigenvalue weighted by molar-refractivity contribution is 7.89. The molecule has 0 heterocycles. The molecule has 0 spiro atoms. The Morgan fingerprint density at radius 3 is 2.18 bits per heavy atom. The van der Waals surface area contributed by atoms with Crippen LogP contribution in [0.15, 0.2) is 71.6 Å². The number of halogens is 2. The minimum atomic E-state index is -4.04. The van der Waals surface area contributed by atoms with E-state index in [9.17, 15) is 17.6 Å². The smallest absolute Gasteiger partial charge is 0.243 e. The highest BCUT2D eigenvalue weighted by atomic mass is 35.5. The largest absolute Gasteiger partial charge is 0.493 e. The number of carbonyl (C=O) groups is 1. The lowest BCUT2D eigenvalue weighted by atomic mass is 10.2. The topological polar surface area (TPSA) is 84.9 Å². The number of amides is 1. The fraction of sp³-hybridized carbons (Fsp3) is 0.208. The molecule has 0 aliphatic carbocycles. The lowest BCUT2D eigenvalue weighted by Gasteiger charge is -2.22. The fourth-order valence-corrected chi connectivity index (χ4v) is 4.69. The number of hydrogen-bond acceptors (Lipinski definition) is 5. The molecule has 3 aromatic carbocycles. The summed E-state index contributed by atoms with van der Waals surface area (Å²) in [6.45, 7) is -0.394. The number of methoxy groups -OCH3 is 2. The predicted molar refractivity (Wildman–Crippen MR) is 127 cm³/mol. The molecule has 10 heteroatoms. The summed E-state index contributed by atoms with van der Waals surface area (Å²) in [6, 6.07) is 16.3. The summed E-state index contributed by atoms with van der Waals surface area (Å²) in [5.74, 6) is 0.118. The van der Waals surface area contributed by atoms with Crippen LogP contribution in [0, 0.1) is 5.82 Å². The first kappa shape index (κ1) is 25.5. The molecule has 0 saturated heterocycles. The van der Waals surface area contributed by atoms with Gasteiger partial charge in [0.1, 0.15) is 5.82 Å². The van der Waals surface area contributed by atoms with E-state index in [0.29, 0.717) is 22.1 Å². The van der Waals surface area contributed by atoms with Crippen molar-refractivity contribution in [1.29, 1.82) is 0 Å². The van der Waals surface area contributed by atoms with Crippen LogP contribution in [-0.4, -0.2) is 39.4 Å². The fourth-order valence-electron chi connectivity index (χ4n) is 3.18. The molecule has 0 aliphatic rings. The van der Waals surface area contributed by atoms with Gasteiger partial charge in [0.25, 0.3) is 0 Å². The summed E-state index contributed by atoms with van der Waals surface area (Å²) in [5.41, 5.74) is 1.28. The number of ether oxygens (including phenoxy) is 2. The standard InChI is InChI=1S/C24H24ClFN2O5S/c1-32-22-12-5-18(13-23(22)33-2)14-27-24(29)16-28(15-17-3-8-20(26)9-4-17)34(30,31)21-10-6-19(25)7-11-21/h3-13H,14-16H2,1-2H3,(H,27,29). The van der Waals surface area contributed by atoms with Crippen molar-refractivity contribution >= 4 is 27.5 Å². The minimum Gasteiger partial charge on any atom is -0.493 e. The molecule has 1 N–H and O–H groups in total. The third kappa shape index (κ3) is 6.47. The van der Waals surface area contributed by atoms with E-state index in [0.717, 1.165) is 9.87 Å². The Morgan fingerprint density at radius 1 is 0.941 bits per heavy atom. The number of nitrogens with one attached hydrogen (secondary N) is 1. The van der Waals surface area contributed by atoms with Crippen molar-refractivity contribution in [2.75, 3.05) is 20.8 Å². The van der Waals surface area contributed by atoms with E-state index in [1.807, 2.05) is 0 Å². The van der Waals surface area contributed by atoms with Gasteiger partial charge in [-0.05, 0) is 59.7 Å². The molecular weight excluding hydrogens is 483 g/mol. The number of hydrogen-bond donors (Lipinski definition) is 1. The molecule has 0 radical (unpaired) electrons. The van der Waals surface area contributed by atoms with Gasteiger partial charge in [0.2, 0.25) is 15.9 Å². The van der Waals surface area contributed by atoms with Gasteiger partial charge >= 0.3 is 0 Å². The van der Waals surface area contributed by atoms with Gasteiger partial charge in [-0.2, -0.15) is 4.31 Å². The van der Waals surface area contributed by atoms with Crippen LogP contribution >= 0.6 is 11.6 Å². The SMILES string of the molecule is COc1ccc(CNC(=O)CN(Cc2ccc(F)cc2)S(=O)(=O)c2ccc(Cl)cc2)cc1OC. The Morgan fingerprint density at radius 2 is 1.56 bits per heavy atom. The first-order valence-corrected chi connectivity index (χ1v) is 12.0. The highest BCUT2D eigenvalue weighted by Crippen LogP contribution is 2.27. The van der Waals surface area contributed by atoms with Gasteiger partial charge in [-0.25, -0.2) is 12.8 Å². The van der Waals surface area contributed by atoms with Crippen molar-refractivity contribution in [3.8, 4) is 11.5 Å². The first-order valence-electron chi connectivity index (χ1n) is 10.2. The van der Waals surface area contributed by atoms with E-state index in [1.54, 1.807) is 18.2 Å². The molecule has 0 aliphatic heterocycles. The Labute approximate surface area is 203 Å². The van der Waals surface area contributed by atoms with Gasteiger partial charge in [-0.15, -0.1) is 0 Å². The zero-order valence-electron chi connectivity index (χ0n) is 18.6. The molecule has 0 bridgehead atoms. The van der Waals surface area contributed by atoms with Crippen LogP contribution < -0.4 is 14.8 Å². The summed E-state index contributed by atoms with van der Waals surface area (Å²) >= 11 is 5.89. The average molecular weight is 507 g/mol. The number of benzene rings is 3. The zero-order chi connectivity index (χ0) is 24.7. The Bertz CT molecular complexity index is 1240. The predicted octanol–water partition coefficient (Wildman–Crippen LogP) is 4.00. The van der Waals surface area contributed by atoms with Gasteiger partial charge in [0.15, 0.2) is 11.5 Å². The number of sulfonamides is 1. The summed E-state index contributed by atoms with van der Waals surface area (Å²) in [6.07, 6.45) is 0. The third-order valence-electron chi connectivity index (χ3n) is 4.98. The van der Waals surface area contributed by atoms with Crippen LogP contribution in [0.2, 0.25) is 5.02 Å². The summed E-state index contributed by atoms with van der Waals surface area (Å²) in [7, 11) is -1.01. The van der Waals surface area contributed by atoms with E-state index in [2.05, 4.69) is 5.32 Å². The Kier molecular flexibility index (Phi) is 8.49. The maximum Gasteiger partial charge on any atom is 0.243 e. The number of carbonyl (C=O) groups excluding carboxylic acids is 1. The van der Waals surface area contributed by atoms with Crippen molar-refractivity contribution in [1.82, 2.24) is 9.62 Å². The Balaban J connectivity index is 1.78. The molecule has 1 amide bonds. The second-order valence-electron chi connectivity index (χ2n) is 7.32. The molecule has 7 nitrogen and oxygen atoms in total. The van der Waals surface area contributed by atoms with E-state index in [4.69, 9.17) is 21.1 Å². The van der Waals surface area contributed by atoms with E-state index >= 15 is 0 Å². The highest BCUT2D eigenvalue weighted by Gasteiger charge is 2.27. The molecule has 0 atom stereocenters. The molecule has 3 aromatic rings. The van der Waals surface area contributed by atoms with Crippen molar-refractivity contribution in [2.45, 2.75) is 18.0 Å². The molecule has 180 valence electrons. The van der Waals surface area contributed by atoms with Crippen molar-refractivity contribution < 1.29 is 27.1 Å². The van der Waals surface area contributed by atoms with E-state index in [1.165, 1.54) is 62.8 Å². The van der Waals surface area contributed by atoms with E-state index in [-0.39, 0.29) is 18.0 Å². The van der Waals surface area contributed by atoms with Crippen LogP contribution in [0.5, 0.6) is 11.5 Å². The first-order chi connectivity index (χ1) is 16.2. The van der Waals surface area contributed by atoms with Gasteiger partial charge < -0.3 is 14.8 Å². The molecule has 0 unspecified atom stereocenters. The number of nitrogens with zero attached hydrogens (tertiary/aromatic N) is 1. The monoisotopic (exact) mass is 506 g/mol. The maximum absolute atomic E-state index is 13.3. The summed E-state index contributed by atoms with van der Waals surface area (Å²) < 4.78 is 51.4. The Hall–Kier alpha value is -3.14. The maximum atomic E-state index is 13.3. The van der Waals surface area contributed by atoms with Gasteiger partial charge in [-0.1, -0.05) is 29.8 Å². The van der Waals surface area contributed by atoms with Crippen molar-refractivity contribution in [3.63, 3.8) is 0 Å². The molecule has 0 saturated carbocycles. The van der Waals surface area contributed by atoms with Crippen LogP contribution in [0.1, 0.15) is 11.1 Å². The quantitative estimate of drug-likeness (QED) is 0.449. The molecular formula is C24H24ClFN2O5S. The third-order valence-corrected chi connectivity index (χ3v) is 7.04. The minimum absolute atomic E-state index is 0.00768. The summed E-state index contributed by atoms with van der Waals surface area (Å²) in [5, 5.41) is 3.11. The van der Waals surface area contributed by atoms with E-state index < -0.39 is 28.3 Å². The van der Waals surface area contributed by atoms with Crippen molar-refractivity contribution in [2.24, 2.45) is 0 Å². The second-order valence-corrected chi connectivity index (χ2v) is 9.69. The molecule has 0 fully saturated rings. The second kappa shape index (κ2) is 11.3. The van der Waals surface area contributed by atoms with Crippen molar-refractivity contribution in [3.05, 3.63) is 88.7 Å². The molecule has 3 rings (SSSR count). The zero-order valence-corrected chi connectivity index (χ0v) is 20.2. The van der Waals surface area contributed by atoms with Gasteiger partial charge in [-0.3, -0.25) is 4.79 Å². The van der Waals surface area contributed by atoms with Crippen LogP contribution in [0.4, 0.5) is 4.39 Å².